The molecule has 0 spiro atoms. The number of hydrogen-bond acceptors (Lipinski definition) is 9. The van der Waals surface area contributed by atoms with E-state index in [1.165, 1.54) is 17.5 Å². The summed E-state index contributed by atoms with van der Waals surface area (Å²) in [5.41, 5.74) is 9.44. The van der Waals surface area contributed by atoms with Crippen LogP contribution in [0.3, 0.4) is 0 Å². The van der Waals surface area contributed by atoms with Gasteiger partial charge in [-0.25, -0.2) is 10.8 Å². The Morgan fingerprint density at radius 2 is 2.00 bits per heavy atom. The number of nitrogens with one attached hydrogen (secondary N) is 3. The van der Waals surface area contributed by atoms with Crippen LogP contribution in [0.4, 0.5) is 5.69 Å². The number of allylic oxidation sites excluding steroid dienone is 1. The van der Waals surface area contributed by atoms with Gasteiger partial charge in [-0.1, -0.05) is 36.5 Å². The summed E-state index contributed by atoms with van der Waals surface area (Å²) in [6, 6.07) is 8.21. The molecule has 0 fully saturated rings. The highest BCUT2D eigenvalue weighted by Gasteiger charge is 2.24. The van der Waals surface area contributed by atoms with Gasteiger partial charge in [0.15, 0.2) is 0 Å². The summed E-state index contributed by atoms with van der Waals surface area (Å²) >= 11 is 12.2. The maximum atomic E-state index is 14.0. The number of nitrogens with zero attached hydrogens (tertiary/aromatic N) is 4. The molecule has 1 amide bonds. The second kappa shape index (κ2) is 13.2. The number of carbonyl (C=O) groups is 1. The maximum absolute atomic E-state index is 14.0. The minimum atomic E-state index is -0.460. The van der Waals surface area contributed by atoms with Gasteiger partial charge in [0.1, 0.15) is 5.16 Å². The molecule has 2 atom stereocenters. The molecule has 7 N–H and O–H groups in total. The number of rotatable bonds is 6. The molecule has 3 aromatic rings. The van der Waals surface area contributed by atoms with Gasteiger partial charge in [0, 0.05) is 47.1 Å². The lowest BCUT2D eigenvalue weighted by Crippen LogP contribution is -2.32. The summed E-state index contributed by atoms with van der Waals surface area (Å²) in [5, 5.41) is 15.5. The van der Waals surface area contributed by atoms with Crippen molar-refractivity contribution in [2.75, 3.05) is 12.1 Å². The number of hydrazine groups is 1. The summed E-state index contributed by atoms with van der Waals surface area (Å²) in [6.45, 7) is 3.54. The van der Waals surface area contributed by atoms with Crippen LogP contribution in [0.5, 0.6) is 0 Å². The smallest absolute Gasteiger partial charge is 0.257 e. The lowest BCUT2D eigenvalue weighted by molar-refractivity contribution is -0.123. The molecule has 11 nitrogen and oxygen atoms in total. The number of halogens is 2. The van der Waals surface area contributed by atoms with Gasteiger partial charge in [-0.2, -0.15) is 0 Å². The fourth-order valence-corrected chi connectivity index (χ4v) is 5.29. The lowest BCUT2D eigenvalue weighted by Gasteiger charge is -2.24. The SMILES string of the molecule is CN/C1=C(\C=N)NC(=O)C(C)CCCC(n2cnc(-c3cc(Cl)ccc3N(N)/C=C(\N)Cl)c(C)c2=O)c2cc1ccn2. The van der Waals surface area contributed by atoms with Crippen LogP contribution in [0.25, 0.3) is 17.0 Å². The second-order valence-electron chi connectivity index (χ2n) is 10.0. The molecule has 13 heteroatoms. The third-order valence-electron chi connectivity index (χ3n) is 7.21. The second-order valence-corrected chi connectivity index (χ2v) is 10.9. The molecular weight excluding hydrogens is 577 g/mol. The molecular formula is C29H33Cl2N9O2. The topological polar surface area (TPSA) is 168 Å². The van der Waals surface area contributed by atoms with Crippen molar-refractivity contribution >= 4 is 46.7 Å². The Labute approximate surface area is 253 Å². The van der Waals surface area contributed by atoms with Crippen LogP contribution in [0.15, 0.2) is 64.7 Å². The van der Waals surface area contributed by atoms with Gasteiger partial charge >= 0.3 is 0 Å². The Morgan fingerprint density at radius 1 is 1.24 bits per heavy atom. The number of pyridine rings is 1. The lowest BCUT2D eigenvalue weighted by atomic mass is 9.96. The molecule has 1 aliphatic rings. The first kappa shape index (κ1) is 30.8. The Hall–Kier alpha value is -4.19. The van der Waals surface area contributed by atoms with E-state index >= 15 is 0 Å². The van der Waals surface area contributed by atoms with Crippen LogP contribution in [0.2, 0.25) is 5.02 Å². The molecule has 0 saturated heterocycles. The quantitative estimate of drug-likeness (QED) is 0.121. The fraction of sp³-hybridized carbons (Fsp3) is 0.276. The summed E-state index contributed by atoms with van der Waals surface area (Å²) < 4.78 is 1.57. The van der Waals surface area contributed by atoms with E-state index in [-0.39, 0.29) is 22.5 Å². The number of nitrogens with two attached hydrogens (primary N) is 2. The minimum absolute atomic E-state index is 0.0217. The Morgan fingerprint density at radius 3 is 2.69 bits per heavy atom. The van der Waals surface area contributed by atoms with E-state index in [1.807, 2.05) is 13.0 Å². The van der Waals surface area contributed by atoms with Crippen molar-refractivity contribution in [2.45, 2.75) is 39.2 Å². The zero-order chi connectivity index (χ0) is 30.6. The van der Waals surface area contributed by atoms with Crippen molar-refractivity contribution in [2.24, 2.45) is 17.5 Å². The third kappa shape index (κ3) is 6.48. The van der Waals surface area contributed by atoms with Crippen molar-refractivity contribution in [1.29, 1.82) is 5.41 Å². The predicted molar refractivity (Wildman–Crippen MR) is 167 cm³/mol. The largest absolute Gasteiger partial charge is 0.388 e. The number of hydrogen-bond donors (Lipinski definition) is 5. The van der Waals surface area contributed by atoms with Crippen molar-refractivity contribution in [3.05, 3.63) is 92.1 Å². The van der Waals surface area contributed by atoms with Gasteiger partial charge in [0.05, 0.1) is 47.0 Å². The van der Waals surface area contributed by atoms with E-state index in [2.05, 4.69) is 15.6 Å². The van der Waals surface area contributed by atoms with Gasteiger partial charge in [0.2, 0.25) is 5.91 Å². The van der Waals surface area contributed by atoms with Crippen molar-refractivity contribution in [1.82, 2.24) is 25.2 Å². The van der Waals surface area contributed by atoms with Crippen LogP contribution in [0.1, 0.15) is 49.0 Å². The van der Waals surface area contributed by atoms with Gasteiger partial charge in [-0.15, -0.1) is 0 Å². The summed E-state index contributed by atoms with van der Waals surface area (Å²) in [6.07, 6.45) is 7.37. The first-order chi connectivity index (χ1) is 20.0. The molecule has 2 aromatic heterocycles. The van der Waals surface area contributed by atoms with Crippen LogP contribution in [-0.4, -0.2) is 33.7 Å². The summed E-state index contributed by atoms with van der Waals surface area (Å²) in [7, 11) is 1.72. The van der Waals surface area contributed by atoms with Crippen LogP contribution < -0.4 is 32.8 Å². The standard InChI is InChI=1S/C29H33Cl2N9O2/c1-16-5-4-6-24(21-11-18(9-10-36-21)27(35-3)22(13-32)38-28(16)41)39-15-37-26(17(2)29(39)42)20-12-19(30)7-8-23(20)40(34)14-25(31)33/h7-16,24,32,35H,4-6,33-34H2,1-3H3,(H,38,41)/b25-14-,27-22+,32-13?. The molecule has 2 bridgehead atoms. The highest BCUT2D eigenvalue weighted by molar-refractivity contribution is 6.31. The number of anilines is 1. The Bertz CT molecular complexity index is 1630. The van der Waals surface area contributed by atoms with Crippen molar-refractivity contribution in [3.8, 4) is 11.3 Å². The van der Waals surface area contributed by atoms with Crippen molar-refractivity contribution < 1.29 is 4.79 Å². The molecule has 220 valence electrons. The zero-order valence-corrected chi connectivity index (χ0v) is 25.0. The van der Waals surface area contributed by atoms with E-state index in [1.54, 1.807) is 49.0 Å². The fourth-order valence-electron chi connectivity index (χ4n) is 5.01. The average Bonchev–Trinajstić information content (AvgIpc) is 2.96. The van der Waals surface area contributed by atoms with Gasteiger partial charge in [0.25, 0.3) is 5.56 Å². The molecule has 0 saturated carbocycles. The van der Waals surface area contributed by atoms with Gasteiger partial charge < -0.3 is 21.8 Å². The molecule has 1 aromatic carbocycles. The zero-order valence-electron chi connectivity index (χ0n) is 23.5. The van der Waals surface area contributed by atoms with E-state index < -0.39 is 6.04 Å². The molecule has 0 aliphatic carbocycles. The van der Waals surface area contributed by atoms with Gasteiger partial charge in [-0.05, 0) is 50.1 Å². The molecule has 4 rings (SSSR count). The number of amides is 1. The highest BCUT2D eigenvalue weighted by atomic mass is 35.5. The predicted octanol–water partition coefficient (Wildman–Crippen LogP) is 4.01. The third-order valence-corrected chi connectivity index (χ3v) is 7.54. The van der Waals surface area contributed by atoms with Crippen molar-refractivity contribution in [3.63, 3.8) is 0 Å². The Balaban J connectivity index is 1.87. The van der Waals surface area contributed by atoms with Gasteiger partial charge in [-0.3, -0.25) is 24.1 Å². The van der Waals surface area contributed by atoms with E-state index in [0.29, 0.717) is 69.4 Å². The van der Waals surface area contributed by atoms with Crippen LogP contribution >= 0.6 is 23.2 Å². The Kier molecular flexibility index (Phi) is 9.66. The van der Waals surface area contributed by atoms with E-state index in [9.17, 15) is 9.59 Å². The highest BCUT2D eigenvalue weighted by Crippen LogP contribution is 2.33. The molecule has 42 heavy (non-hydrogen) atoms. The number of fused-ring (bicyclic) bond motifs is 2. The number of carbonyl (C=O) groups excluding carboxylic acids is 1. The average molecular weight is 611 g/mol. The molecule has 1 aliphatic heterocycles. The van der Waals surface area contributed by atoms with Crippen LogP contribution in [0, 0.1) is 18.3 Å². The maximum Gasteiger partial charge on any atom is 0.257 e. The first-order valence-corrected chi connectivity index (χ1v) is 14.0. The number of benzene rings is 1. The number of aromatic nitrogens is 3. The first-order valence-electron chi connectivity index (χ1n) is 13.3. The normalized spacial score (nSPS) is 19.8. The molecule has 0 radical (unpaired) electrons. The van der Waals surface area contributed by atoms with E-state index in [4.69, 9.17) is 45.2 Å². The van der Waals surface area contributed by atoms with Crippen LogP contribution in [-0.2, 0) is 4.79 Å². The monoisotopic (exact) mass is 609 g/mol. The van der Waals surface area contributed by atoms with E-state index in [0.717, 1.165) is 6.21 Å². The summed E-state index contributed by atoms with van der Waals surface area (Å²) in [5.74, 6) is 5.70. The molecule has 3 heterocycles. The minimum Gasteiger partial charge on any atom is -0.388 e. The molecule has 2 unspecified atom stereocenters. The summed E-state index contributed by atoms with van der Waals surface area (Å²) in [4.78, 5) is 36.1.